The molecule has 3 aromatic rings. The van der Waals surface area contributed by atoms with Crippen LogP contribution in [0.1, 0.15) is 18.9 Å². The summed E-state index contributed by atoms with van der Waals surface area (Å²) in [6.45, 7) is 4.04. The quantitative estimate of drug-likeness (QED) is 0.700. The third-order valence-corrected chi connectivity index (χ3v) is 3.98. The summed E-state index contributed by atoms with van der Waals surface area (Å²) in [5.74, 6) is 0. The van der Waals surface area contributed by atoms with E-state index in [2.05, 4.69) is 63.6 Å². The number of benzene rings is 2. The average molecular weight is 344 g/mol. The van der Waals surface area contributed by atoms with Gasteiger partial charge in [-0.2, -0.15) is 5.10 Å². The van der Waals surface area contributed by atoms with Crippen molar-refractivity contribution < 1.29 is 0 Å². The molecule has 0 aliphatic heterocycles. The minimum atomic E-state index is 0.844. The molecule has 2 aromatic carbocycles. The third kappa shape index (κ3) is 3.01. The van der Waals surface area contributed by atoms with Gasteiger partial charge in [-0.25, -0.2) is 4.68 Å². The first-order valence-electron chi connectivity index (χ1n) is 7.22. The number of aromatic nitrogens is 2. The minimum absolute atomic E-state index is 0.844. The SMILES string of the molecule is CCCNCc1cc(Br)ccc1-n1ncc2ccccc21. The molecule has 0 radical (unpaired) electrons. The normalized spacial score (nSPS) is 11.1. The molecule has 0 saturated heterocycles. The van der Waals surface area contributed by atoms with Gasteiger partial charge in [0, 0.05) is 16.4 Å². The zero-order valence-corrected chi connectivity index (χ0v) is 13.6. The molecule has 108 valence electrons. The summed E-state index contributed by atoms with van der Waals surface area (Å²) in [4.78, 5) is 0. The first-order valence-corrected chi connectivity index (χ1v) is 8.01. The van der Waals surface area contributed by atoms with E-state index in [1.54, 1.807) is 0 Å². The molecule has 0 atom stereocenters. The van der Waals surface area contributed by atoms with Crippen LogP contribution in [0.2, 0.25) is 0 Å². The molecule has 0 aliphatic carbocycles. The number of fused-ring (bicyclic) bond motifs is 1. The second-order valence-electron chi connectivity index (χ2n) is 5.06. The first kappa shape index (κ1) is 14.3. The molecule has 1 heterocycles. The van der Waals surface area contributed by atoms with Crippen LogP contribution in [0.15, 0.2) is 53.1 Å². The Morgan fingerprint density at radius 2 is 2.05 bits per heavy atom. The summed E-state index contributed by atoms with van der Waals surface area (Å²) in [5.41, 5.74) is 3.51. The number of rotatable bonds is 5. The van der Waals surface area contributed by atoms with Crippen molar-refractivity contribution in [2.45, 2.75) is 19.9 Å². The Kier molecular flexibility index (Phi) is 4.36. The van der Waals surface area contributed by atoms with Gasteiger partial charge in [-0.15, -0.1) is 0 Å². The maximum Gasteiger partial charge on any atom is 0.0741 e. The number of hydrogen-bond acceptors (Lipinski definition) is 2. The van der Waals surface area contributed by atoms with Gasteiger partial charge in [0.2, 0.25) is 0 Å². The van der Waals surface area contributed by atoms with Crippen LogP contribution in [-0.2, 0) is 6.54 Å². The van der Waals surface area contributed by atoms with Crippen LogP contribution in [0.5, 0.6) is 0 Å². The zero-order valence-electron chi connectivity index (χ0n) is 12.0. The molecule has 3 nitrogen and oxygen atoms in total. The van der Waals surface area contributed by atoms with E-state index in [1.165, 1.54) is 5.56 Å². The lowest BCUT2D eigenvalue weighted by atomic mass is 10.1. The topological polar surface area (TPSA) is 29.9 Å². The highest BCUT2D eigenvalue weighted by molar-refractivity contribution is 9.10. The average Bonchev–Trinajstić information content (AvgIpc) is 2.92. The summed E-state index contributed by atoms with van der Waals surface area (Å²) in [6.07, 6.45) is 3.05. The summed E-state index contributed by atoms with van der Waals surface area (Å²) in [6, 6.07) is 14.6. The van der Waals surface area contributed by atoms with Crippen molar-refractivity contribution in [1.82, 2.24) is 15.1 Å². The number of nitrogens with zero attached hydrogens (tertiary/aromatic N) is 2. The monoisotopic (exact) mass is 343 g/mol. The third-order valence-electron chi connectivity index (χ3n) is 3.49. The molecule has 1 N–H and O–H groups in total. The molecule has 0 saturated carbocycles. The highest BCUT2D eigenvalue weighted by atomic mass is 79.9. The van der Waals surface area contributed by atoms with Crippen LogP contribution >= 0.6 is 15.9 Å². The van der Waals surface area contributed by atoms with E-state index in [4.69, 9.17) is 0 Å². The maximum absolute atomic E-state index is 4.56. The fraction of sp³-hybridized carbons (Fsp3) is 0.235. The molecule has 21 heavy (non-hydrogen) atoms. The van der Waals surface area contributed by atoms with Gasteiger partial charge >= 0.3 is 0 Å². The maximum atomic E-state index is 4.56. The van der Waals surface area contributed by atoms with Crippen LogP contribution in [0.3, 0.4) is 0 Å². The molecular weight excluding hydrogens is 326 g/mol. The summed E-state index contributed by atoms with van der Waals surface area (Å²) in [7, 11) is 0. The van der Waals surface area contributed by atoms with E-state index in [1.807, 2.05) is 23.0 Å². The predicted octanol–water partition coefficient (Wildman–Crippen LogP) is 4.29. The fourth-order valence-electron chi connectivity index (χ4n) is 2.47. The van der Waals surface area contributed by atoms with E-state index in [0.717, 1.165) is 40.6 Å². The van der Waals surface area contributed by atoms with Gasteiger partial charge in [-0.1, -0.05) is 41.1 Å². The second-order valence-corrected chi connectivity index (χ2v) is 5.98. The van der Waals surface area contributed by atoms with Crippen molar-refractivity contribution in [1.29, 1.82) is 0 Å². The second kappa shape index (κ2) is 6.41. The van der Waals surface area contributed by atoms with Crippen molar-refractivity contribution in [2.24, 2.45) is 0 Å². The predicted molar refractivity (Wildman–Crippen MR) is 90.8 cm³/mol. The lowest BCUT2D eigenvalue weighted by Gasteiger charge is -2.12. The van der Waals surface area contributed by atoms with Gasteiger partial charge in [0.25, 0.3) is 0 Å². The highest BCUT2D eigenvalue weighted by Crippen LogP contribution is 2.23. The van der Waals surface area contributed by atoms with E-state index in [0.29, 0.717) is 0 Å². The lowest BCUT2D eigenvalue weighted by Crippen LogP contribution is -2.15. The van der Waals surface area contributed by atoms with Crippen molar-refractivity contribution in [3.8, 4) is 5.69 Å². The molecule has 0 unspecified atom stereocenters. The molecule has 1 aromatic heterocycles. The summed E-state index contributed by atoms with van der Waals surface area (Å²) >= 11 is 3.56. The standard InChI is InChI=1S/C17H18BrN3/c1-2-9-19-11-14-10-15(18)7-8-17(14)21-16-6-4-3-5-13(16)12-20-21/h3-8,10,12,19H,2,9,11H2,1H3. The molecule has 4 heteroatoms. The van der Waals surface area contributed by atoms with Gasteiger partial charge in [-0.05, 0) is 42.8 Å². The van der Waals surface area contributed by atoms with Gasteiger partial charge < -0.3 is 5.32 Å². The van der Waals surface area contributed by atoms with Gasteiger partial charge in [0.05, 0.1) is 17.4 Å². The van der Waals surface area contributed by atoms with Crippen LogP contribution in [0.4, 0.5) is 0 Å². The van der Waals surface area contributed by atoms with Gasteiger partial charge in [0.1, 0.15) is 0 Å². The molecular formula is C17H18BrN3. The minimum Gasteiger partial charge on any atom is -0.313 e. The van der Waals surface area contributed by atoms with Crippen LogP contribution < -0.4 is 5.32 Å². The molecule has 0 fully saturated rings. The van der Waals surface area contributed by atoms with Crippen molar-refractivity contribution >= 4 is 26.8 Å². The Morgan fingerprint density at radius 3 is 2.90 bits per heavy atom. The van der Waals surface area contributed by atoms with Crippen molar-refractivity contribution in [3.63, 3.8) is 0 Å². The van der Waals surface area contributed by atoms with Gasteiger partial charge in [-0.3, -0.25) is 0 Å². The largest absolute Gasteiger partial charge is 0.313 e. The van der Waals surface area contributed by atoms with Crippen molar-refractivity contribution in [2.75, 3.05) is 6.54 Å². The van der Waals surface area contributed by atoms with Crippen LogP contribution in [0, 0.1) is 0 Å². The number of halogens is 1. The molecule has 0 amide bonds. The number of nitrogens with one attached hydrogen (secondary N) is 1. The first-order chi connectivity index (χ1) is 10.3. The van der Waals surface area contributed by atoms with E-state index in [-0.39, 0.29) is 0 Å². The Labute approximate surface area is 133 Å². The van der Waals surface area contributed by atoms with Crippen LogP contribution in [-0.4, -0.2) is 16.3 Å². The molecule has 0 spiro atoms. The Bertz CT molecular complexity index is 749. The lowest BCUT2D eigenvalue weighted by molar-refractivity contribution is 0.671. The highest BCUT2D eigenvalue weighted by Gasteiger charge is 2.09. The smallest absolute Gasteiger partial charge is 0.0741 e. The Balaban J connectivity index is 2.04. The van der Waals surface area contributed by atoms with Crippen molar-refractivity contribution in [3.05, 3.63) is 58.7 Å². The molecule has 0 aliphatic rings. The van der Waals surface area contributed by atoms with E-state index < -0.39 is 0 Å². The summed E-state index contributed by atoms with van der Waals surface area (Å²) in [5, 5.41) is 9.18. The van der Waals surface area contributed by atoms with Crippen LogP contribution in [0.25, 0.3) is 16.6 Å². The Morgan fingerprint density at radius 1 is 1.19 bits per heavy atom. The van der Waals surface area contributed by atoms with Gasteiger partial charge in [0.15, 0.2) is 0 Å². The fourth-order valence-corrected chi connectivity index (χ4v) is 2.87. The number of hydrogen-bond donors (Lipinski definition) is 1. The Hall–Kier alpha value is -1.65. The molecule has 3 rings (SSSR count). The molecule has 0 bridgehead atoms. The number of para-hydroxylation sites is 1. The zero-order chi connectivity index (χ0) is 14.7. The van der Waals surface area contributed by atoms with E-state index in [9.17, 15) is 0 Å². The van der Waals surface area contributed by atoms with E-state index >= 15 is 0 Å². The summed E-state index contributed by atoms with van der Waals surface area (Å²) < 4.78 is 3.11.